The first-order chi connectivity index (χ1) is 8.29. The van der Waals surface area contributed by atoms with E-state index in [1.165, 1.54) is 31.2 Å². The Labute approximate surface area is 109 Å². The van der Waals surface area contributed by atoms with Crippen LogP contribution in [0.4, 0.5) is 0 Å². The molecule has 2 unspecified atom stereocenters. The van der Waals surface area contributed by atoms with Crippen LogP contribution >= 0.6 is 11.6 Å². The number of nitrogens with zero attached hydrogens (tertiary/aromatic N) is 2. The monoisotopic (exact) mass is 255 g/mol. The fourth-order valence-electron chi connectivity index (χ4n) is 2.46. The van der Waals surface area contributed by atoms with E-state index in [9.17, 15) is 0 Å². The zero-order chi connectivity index (χ0) is 12.1. The maximum atomic E-state index is 6.33. The third-order valence-electron chi connectivity index (χ3n) is 3.56. The van der Waals surface area contributed by atoms with E-state index in [4.69, 9.17) is 11.6 Å². The Morgan fingerprint density at radius 3 is 3.00 bits per heavy atom. The van der Waals surface area contributed by atoms with Crippen LogP contribution in [0.2, 0.25) is 0 Å². The second-order valence-electron chi connectivity index (χ2n) is 4.90. The number of nitrogens with one attached hydrogen (secondary N) is 1. The molecule has 4 heteroatoms. The first-order valence-corrected chi connectivity index (χ1v) is 7.09. The Kier molecular flexibility index (Phi) is 4.86. The third kappa shape index (κ3) is 3.71. The van der Waals surface area contributed by atoms with Gasteiger partial charge in [-0.3, -0.25) is 4.68 Å². The molecule has 1 saturated carbocycles. The highest BCUT2D eigenvalue weighted by Gasteiger charge is 2.22. The molecular weight excluding hydrogens is 234 g/mol. The van der Waals surface area contributed by atoms with Crippen LogP contribution in [0.1, 0.15) is 38.2 Å². The van der Waals surface area contributed by atoms with Gasteiger partial charge in [-0.1, -0.05) is 12.8 Å². The minimum Gasteiger partial charge on any atom is -0.312 e. The Morgan fingerprint density at radius 2 is 2.29 bits per heavy atom. The molecule has 2 atom stereocenters. The molecule has 17 heavy (non-hydrogen) atoms. The Balaban J connectivity index is 1.71. The summed E-state index contributed by atoms with van der Waals surface area (Å²) in [6.07, 6.45) is 9.13. The number of hydrogen-bond acceptors (Lipinski definition) is 2. The first kappa shape index (κ1) is 12.9. The molecule has 1 aromatic heterocycles. The lowest BCUT2D eigenvalue weighted by Gasteiger charge is -2.27. The summed E-state index contributed by atoms with van der Waals surface area (Å²) in [6.45, 7) is 4.97. The average Bonchev–Trinajstić information content (AvgIpc) is 2.80. The van der Waals surface area contributed by atoms with Gasteiger partial charge in [-0.2, -0.15) is 5.10 Å². The maximum absolute atomic E-state index is 6.33. The van der Waals surface area contributed by atoms with Gasteiger partial charge in [-0.25, -0.2) is 0 Å². The molecule has 1 heterocycles. The minimum atomic E-state index is 0.370. The molecule has 0 spiro atoms. The van der Waals surface area contributed by atoms with Crippen molar-refractivity contribution in [3.63, 3.8) is 0 Å². The summed E-state index contributed by atoms with van der Waals surface area (Å²) in [5.41, 5.74) is 1.26. The SMILES string of the molecule is CCn1cc(CNCC2CCCCC2Cl)cn1. The molecule has 1 fully saturated rings. The van der Waals surface area contributed by atoms with Gasteiger partial charge in [0, 0.05) is 30.2 Å². The molecule has 0 radical (unpaired) electrons. The topological polar surface area (TPSA) is 29.9 Å². The molecule has 1 aliphatic rings. The smallest absolute Gasteiger partial charge is 0.0534 e. The van der Waals surface area contributed by atoms with Gasteiger partial charge < -0.3 is 5.32 Å². The predicted octanol–water partition coefficient (Wildman–Crippen LogP) is 2.79. The second kappa shape index (κ2) is 6.41. The highest BCUT2D eigenvalue weighted by Crippen LogP contribution is 2.27. The number of rotatable bonds is 5. The first-order valence-electron chi connectivity index (χ1n) is 6.65. The van der Waals surface area contributed by atoms with Crippen LogP contribution in [-0.2, 0) is 13.1 Å². The van der Waals surface area contributed by atoms with Crippen molar-refractivity contribution in [2.45, 2.75) is 51.1 Å². The summed E-state index contributed by atoms with van der Waals surface area (Å²) in [5, 5.41) is 8.14. The van der Waals surface area contributed by atoms with E-state index < -0.39 is 0 Å². The fraction of sp³-hybridized carbons (Fsp3) is 0.769. The predicted molar refractivity (Wildman–Crippen MR) is 71.2 cm³/mol. The Morgan fingerprint density at radius 1 is 1.47 bits per heavy atom. The van der Waals surface area contributed by atoms with Crippen molar-refractivity contribution in [1.82, 2.24) is 15.1 Å². The lowest BCUT2D eigenvalue weighted by molar-refractivity contribution is 0.348. The van der Waals surface area contributed by atoms with E-state index in [1.807, 2.05) is 10.9 Å². The largest absolute Gasteiger partial charge is 0.312 e. The van der Waals surface area contributed by atoms with Gasteiger partial charge in [0.05, 0.1) is 6.20 Å². The molecule has 0 aliphatic heterocycles. The van der Waals surface area contributed by atoms with Gasteiger partial charge in [0.1, 0.15) is 0 Å². The van der Waals surface area contributed by atoms with Crippen LogP contribution in [0, 0.1) is 5.92 Å². The Bertz CT molecular complexity index is 337. The van der Waals surface area contributed by atoms with Crippen molar-refractivity contribution >= 4 is 11.6 Å². The molecule has 3 nitrogen and oxygen atoms in total. The number of halogens is 1. The second-order valence-corrected chi connectivity index (χ2v) is 5.46. The van der Waals surface area contributed by atoms with E-state index >= 15 is 0 Å². The van der Waals surface area contributed by atoms with Crippen molar-refractivity contribution in [1.29, 1.82) is 0 Å². The number of aromatic nitrogens is 2. The normalized spacial score (nSPS) is 25.1. The molecule has 1 aliphatic carbocycles. The fourth-order valence-corrected chi connectivity index (χ4v) is 2.83. The maximum Gasteiger partial charge on any atom is 0.0534 e. The molecule has 0 aromatic carbocycles. The van der Waals surface area contributed by atoms with Crippen LogP contribution in [-0.4, -0.2) is 21.7 Å². The third-order valence-corrected chi connectivity index (χ3v) is 4.14. The van der Waals surface area contributed by atoms with Crippen LogP contribution < -0.4 is 5.32 Å². The molecule has 0 amide bonds. The molecule has 2 rings (SSSR count). The van der Waals surface area contributed by atoms with E-state index in [-0.39, 0.29) is 0 Å². The standard InChI is InChI=1S/C13H22ClN3/c1-2-17-10-11(8-16-17)7-15-9-12-5-3-4-6-13(12)14/h8,10,12-13,15H,2-7,9H2,1H3. The molecule has 0 bridgehead atoms. The Hall–Kier alpha value is -0.540. The summed E-state index contributed by atoms with van der Waals surface area (Å²) in [4.78, 5) is 0. The van der Waals surface area contributed by atoms with Crippen molar-refractivity contribution in [3.8, 4) is 0 Å². The quantitative estimate of drug-likeness (QED) is 0.820. The van der Waals surface area contributed by atoms with Crippen molar-refractivity contribution in [2.24, 2.45) is 5.92 Å². The highest BCUT2D eigenvalue weighted by molar-refractivity contribution is 6.20. The van der Waals surface area contributed by atoms with E-state index in [0.717, 1.165) is 19.6 Å². The van der Waals surface area contributed by atoms with Crippen LogP contribution in [0.3, 0.4) is 0 Å². The molecule has 0 saturated heterocycles. The molecular formula is C13H22ClN3. The summed E-state index contributed by atoms with van der Waals surface area (Å²) < 4.78 is 1.96. The van der Waals surface area contributed by atoms with Crippen molar-refractivity contribution < 1.29 is 0 Å². The van der Waals surface area contributed by atoms with E-state index in [2.05, 4.69) is 23.5 Å². The van der Waals surface area contributed by atoms with E-state index in [1.54, 1.807) is 0 Å². The van der Waals surface area contributed by atoms with Crippen LogP contribution in [0.15, 0.2) is 12.4 Å². The molecule has 96 valence electrons. The number of hydrogen-bond donors (Lipinski definition) is 1. The van der Waals surface area contributed by atoms with Crippen molar-refractivity contribution in [3.05, 3.63) is 18.0 Å². The summed E-state index contributed by atoms with van der Waals surface area (Å²) in [6, 6.07) is 0. The van der Waals surface area contributed by atoms with Gasteiger partial charge in [0.25, 0.3) is 0 Å². The zero-order valence-corrected chi connectivity index (χ0v) is 11.3. The van der Waals surface area contributed by atoms with Gasteiger partial charge in [-0.05, 0) is 32.2 Å². The summed E-state index contributed by atoms with van der Waals surface area (Å²) >= 11 is 6.33. The van der Waals surface area contributed by atoms with Gasteiger partial charge in [0.2, 0.25) is 0 Å². The van der Waals surface area contributed by atoms with Crippen molar-refractivity contribution in [2.75, 3.05) is 6.54 Å². The van der Waals surface area contributed by atoms with Gasteiger partial charge in [-0.15, -0.1) is 11.6 Å². The van der Waals surface area contributed by atoms with Crippen LogP contribution in [0.5, 0.6) is 0 Å². The van der Waals surface area contributed by atoms with Crippen LogP contribution in [0.25, 0.3) is 0 Å². The zero-order valence-electron chi connectivity index (χ0n) is 10.5. The van der Waals surface area contributed by atoms with Gasteiger partial charge in [0.15, 0.2) is 0 Å². The summed E-state index contributed by atoms with van der Waals surface area (Å²) in [5.74, 6) is 0.645. The van der Waals surface area contributed by atoms with Gasteiger partial charge >= 0.3 is 0 Å². The highest BCUT2D eigenvalue weighted by atomic mass is 35.5. The number of aryl methyl sites for hydroxylation is 1. The molecule has 1 N–H and O–H groups in total. The number of alkyl halides is 1. The summed E-state index contributed by atoms with van der Waals surface area (Å²) in [7, 11) is 0. The molecule has 1 aromatic rings. The minimum absolute atomic E-state index is 0.370. The average molecular weight is 256 g/mol. The lowest BCUT2D eigenvalue weighted by atomic mass is 9.89. The van der Waals surface area contributed by atoms with E-state index in [0.29, 0.717) is 11.3 Å². The lowest BCUT2D eigenvalue weighted by Crippen LogP contribution is -2.30.